The molecule has 0 amide bonds. The minimum atomic E-state index is -4.56. The lowest BCUT2D eigenvalue weighted by Gasteiger charge is -2.13. The number of benzene rings is 1. The molecule has 1 aromatic carbocycles. The highest BCUT2D eigenvalue weighted by molar-refractivity contribution is 5.26. The van der Waals surface area contributed by atoms with Crippen LogP contribution in [0.25, 0.3) is 0 Å². The molecule has 96 valence electrons. The van der Waals surface area contributed by atoms with Gasteiger partial charge < -0.3 is 10.4 Å². The zero-order valence-electron chi connectivity index (χ0n) is 9.18. The number of hydrogen-bond donors (Lipinski definition) is 2. The Hall–Kier alpha value is -1.14. The van der Waals surface area contributed by atoms with Gasteiger partial charge in [-0.15, -0.1) is 0 Å². The Morgan fingerprint density at radius 3 is 2.47 bits per heavy atom. The van der Waals surface area contributed by atoms with Crippen LogP contribution in [-0.2, 0) is 12.7 Å². The van der Waals surface area contributed by atoms with Crippen LogP contribution in [-0.4, -0.2) is 17.8 Å². The quantitative estimate of drug-likeness (QED) is 0.805. The van der Waals surface area contributed by atoms with Gasteiger partial charge in [0.05, 0.1) is 12.2 Å². The Morgan fingerprint density at radius 2 is 1.94 bits per heavy atom. The van der Waals surface area contributed by atoms with Crippen LogP contribution in [0.2, 0.25) is 0 Å². The first-order valence-electron chi connectivity index (χ1n) is 5.04. The maximum Gasteiger partial charge on any atom is 0.416 e. The molecule has 2 N–H and O–H groups in total. The molecule has 1 rings (SSSR count). The van der Waals surface area contributed by atoms with Crippen molar-refractivity contribution in [1.29, 1.82) is 0 Å². The third-order valence-corrected chi connectivity index (χ3v) is 2.21. The largest absolute Gasteiger partial charge is 0.416 e. The summed E-state index contributed by atoms with van der Waals surface area (Å²) in [6.07, 6.45) is -4.56. The van der Waals surface area contributed by atoms with Crippen LogP contribution in [0.4, 0.5) is 17.6 Å². The molecule has 0 spiro atoms. The molecule has 0 heterocycles. The van der Waals surface area contributed by atoms with Crippen LogP contribution in [0.3, 0.4) is 0 Å². The van der Waals surface area contributed by atoms with E-state index in [0.29, 0.717) is 6.07 Å². The van der Waals surface area contributed by atoms with E-state index in [1.165, 1.54) is 0 Å². The molecule has 0 aliphatic carbocycles. The number of alkyl halides is 3. The summed E-state index contributed by atoms with van der Waals surface area (Å²) >= 11 is 0. The third kappa shape index (κ3) is 4.32. The minimum Gasteiger partial charge on any atom is -0.395 e. The van der Waals surface area contributed by atoms with E-state index in [1.807, 2.05) is 0 Å². The summed E-state index contributed by atoms with van der Waals surface area (Å²) in [6.45, 7) is 1.61. The van der Waals surface area contributed by atoms with Gasteiger partial charge in [-0.25, -0.2) is 4.39 Å². The van der Waals surface area contributed by atoms with Crippen molar-refractivity contribution in [3.8, 4) is 0 Å². The van der Waals surface area contributed by atoms with Gasteiger partial charge in [-0.05, 0) is 30.7 Å². The van der Waals surface area contributed by atoms with E-state index < -0.39 is 17.6 Å². The third-order valence-electron chi connectivity index (χ3n) is 2.21. The van der Waals surface area contributed by atoms with Crippen molar-refractivity contribution in [3.05, 3.63) is 35.1 Å². The lowest BCUT2D eigenvalue weighted by Crippen LogP contribution is -2.28. The van der Waals surface area contributed by atoms with E-state index in [9.17, 15) is 17.6 Å². The fourth-order valence-electron chi connectivity index (χ4n) is 1.27. The number of aliphatic hydroxyl groups excluding tert-OH is 1. The second-order valence-corrected chi connectivity index (χ2v) is 3.81. The van der Waals surface area contributed by atoms with Crippen LogP contribution in [0.15, 0.2) is 18.2 Å². The maximum atomic E-state index is 13.0. The average Bonchev–Trinajstić information content (AvgIpc) is 2.24. The Labute approximate surface area is 96.3 Å². The monoisotopic (exact) mass is 251 g/mol. The first kappa shape index (κ1) is 13.9. The Bertz CT molecular complexity index is 378. The summed E-state index contributed by atoms with van der Waals surface area (Å²) < 4.78 is 50.1. The Kier molecular flexibility index (Phi) is 4.47. The van der Waals surface area contributed by atoms with Crippen molar-refractivity contribution in [2.45, 2.75) is 25.7 Å². The summed E-state index contributed by atoms with van der Waals surface area (Å²) in [6, 6.07) is 2.12. The average molecular weight is 251 g/mol. The summed E-state index contributed by atoms with van der Waals surface area (Å²) in [5.74, 6) is -0.923. The molecular formula is C11H13F4NO. The molecule has 0 unspecified atom stereocenters. The van der Waals surface area contributed by atoms with Crippen molar-refractivity contribution in [3.63, 3.8) is 0 Å². The topological polar surface area (TPSA) is 32.3 Å². The predicted octanol–water partition coefficient (Wildman–Crippen LogP) is 2.31. The van der Waals surface area contributed by atoms with Crippen LogP contribution >= 0.6 is 0 Å². The molecule has 0 radical (unpaired) electrons. The van der Waals surface area contributed by atoms with E-state index in [4.69, 9.17) is 5.11 Å². The van der Waals surface area contributed by atoms with Crippen LogP contribution in [0, 0.1) is 5.82 Å². The molecule has 0 bridgehead atoms. The standard InChI is InChI=1S/C11H13F4NO/c1-7(6-17)16-5-8-2-9(11(13,14)15)4-10(12)3-8/h2-4,7,16-17H,5-6H2,1H3/t7-/m1/s1. The number of halogens is 4. The molecule has 17 heavy (non-hydrogen) atoms. The summed E-state index contributed by atoms with van der Waals surface area (Å²) in [7, 11) is 0. The van der Waals surface area contributed by atoms with Gasteiger partial charge in [-0.1, -0.05) is 0 Å². The first-order chi connectivity index (χ1) is 7.82. The van der Waals surface area contributed by atoms with Crippen LogP contribution in [0.5, 0.6) is 0 Å². The van der Waals surface area contributed by atoms with E-state index in [-0.39, 0.29) is 24.8 Å². The fraction of sp³-hybridized carbons (Fsp3) is 0.455. The van der Waals surface area contributed by atoms with Gasteiger partial charge in [0.1, 0.15) is 5.82 Å². The van der Waals surface area contributed by atoms with Crippen molar-refractivity contribution in [2.24, 2.45) is 0 Å². The van der Waals surface area contributed by atoms with Crippen molar-refractivity contribution < 1.29 is 22.7 Å². The van der Waals surface area contributed by atoms with E-state index in [0.717, 1.165) is 12.1 Å². The van der Waals surface area contributed by atoms with Crippen LogP contribution in [0.1, 0.15) is 18.1 Å². The van der Waals surface area contributed by atoms with E-state index in [1.54, 1.807) is 6.92 Å². The summed E-state index contributed by atoms with van der Waals surface area (Å²) in [4.78, 5) is 0. The minimum absolute atomic E-state index is 0.0720. The second kappa shape index (κ2) is 5.46. The van der Waals surface area contributed by atoms with Crippen molar-refractivity contribution in [2.75, 3.05) is 6.61 Å². The van der Waals surface area contributed by atoms with Gasteiger partial charge in [-0.2, -0.15) is 13.2 Å². The Balaban J connectivity index is 2.83. The summed E-state index contributed by atoms with van der Waals surface area (Å²) in [5, 5.41) is 11.5. The zero-order chi connectivity index (χ0) is 13.1. The smallest absolute Gasteiger partial charge is 0.395 e. The van der Waals surface area contributed by atoms with Crippen molar-refractivity contribution in [1.82, 2.24) is 5.32 Å². The molecule has 0 saturated heterocycles. The number of rotatable bonds is 4. The second-order valence-electron chi connectivity index (χ2n) is 3.81. The highest BCUT2D eigenvalue weighted by Crippen LogP contribution is 2.30. The summed E-state index contributed by atoms with van der Waals surface area (Å²) in [5.41, 5.74) is -0.816. The molecule has 6 heteroatoms. The maximum absolute atomic E-state index is 13.0. The van der Waals surface area contributed by atoms with Gasteiger partial charge in [0, 0.05) is 12.6 Å². The number of aliphatic hydroxyl groups is 1. The van der Waals surface area contributed by atoms with Gasteiger partial charge >= 0.3 is 6.18 Å². The predicted molar refractivity (Wildman–Crippen MR) is 54.8 cm³/mol. The molecule has 1 atom stereocenters. The first-order valence-corrected chi connectivity index (χ1v) is 5.04. The molecule has 0 aromatic heterocycles. The zero-order valence-corrected chi connectivity index (χ0v) is 9.18. The lowest BCUT2D eigenvalue weighted by molar-refractivity contribution is -0.137. The van der Waals surface area contributed by atoms with E-state index in [2.05, 4.69) is 5.32 Å². The van der Waals surface area contributed by atoms with Gasteiger partial charge in [0.25, 0.3) is 0 Å². The molecule has 0 saturated carbocycles. The SMILES string of the molecule is C[C@H](CO)NCc1cc(F)cc(C(F)(F)F)c1. The van der Waals surface area contributed by atoms with Gasteiger partial charge in [0.2, 0.25) is 0 Å². The molecule has 0 fully saturated rings. The number of hydrogen-bond acceptors (Lipinski definition) is 2. The molecule has 1 aromatic rings. The highest BCUT2D eigenvalue weighted by Gasteiger charge is 2.31. The Morgan fingerprint density at radius 1 is 1.29 bits per heavy atom. The normalized spacial score (nSPS) is 13.8. The highest BCUT2D eigenvalue weighted by atomic mass is 19.4. The van der Waals surface area contributed by atoms with Crippen LogP contribution < -0.4 is 5.32 Å². The number of nitrogens with one attached hydrogen (secondary N) is 1. The lowest BCUT2D eigenvalue weighted by atomic mass is 10.1. The van der Waals surface area contributed by atoms with Crippen molar-refractivity contribution >= 4 is 0 Å². The fourth-order valence-corrected chi connectivity index (χ4v) is 1.27. The van der Waals surface area contributed by atoms with E-state index >= 15 is 0 Å². The molecule has 2 nitrogen and oxygen atoms in total. The molecule has 0 aliphatic rings. The van der Waals surface area contributed by atoms with Gasteiger partial charge in [0.15, 0.2) is 0 Å². The van der Waals surface area contributed by atoms with Gasteiger partial charge in [-0.3, -0.25) is 0 Å². The molecular weight excluding hydrogens is 238 g/mol. The molecule has 0 aliphatic heterocycles.